The number of hydrogen-bond donors (Lipinski definition) is 2. The van der Waals surface area contributed by atoms with Gasteiger partial charge in [-0.15, -0.1) is 0 Å². The quantitative estimate of drug-likeness (QED) is 0.476. The van der Waals surface area contributed by atoms with Gasteiger partial charge >= 0.3 is 11.9 Å². The van der Waals surface area contributed by atoms with Gasteiger partial charge in [0.05, 0.1) is 18.1 Å². The summed E-state index contributed by atoms with van der Waals surface area (Å²) in [5.74, 6) is 0.00430. The Morgan fingerprint density at radius 1 is 0.929 bits per heavy atom. The van der Waals surface area contributed by atoms with E-state index in [9.17, 15) is 9.59 Å². The Bertz CT molecular complexity index is 559. The Morgan fingerprint density at radius 3 is 2.07 bits per heavy atom. The molecule has 0 aromatic heterocycles. The second-order valence-corrected chi connectivity index (χ2v) is 7.58. The van der Waals surface area contributed by atoms with Gasteiger partial charge < -0.3 is 14.9 Å². The van der Waals surface area contributed by atoms with E-state index in [1.165, 1.54) is 32.1 Å². The maximum Gasteiger partial charge on any atom is 0.335 e. The van der Waals surface area contributed by atoms with Crippen LogP contribution in [0.2, 0.25) is 0 Å². The van der Waals surface area contributed by atoms with E-state index in [0.717, 1.165) is 43.8 Å². The predicted octanol–water partition coefficient (Wildman–Crippen LogP) is 6.02. The molecule has 1 aromatic rings. The van der Waals surface area contributed by atoms with Crippen molar-refractivity contribution in [2.24, 2.45) is 11.8 Å². The zero-order valence-corrected chi connectivity index (χ0v) is 17.4. The van der Waals surface area contributed by atoms with Gasteiger partial charge in [0.15, 0.2) is 0 Å². The van der Waals surface area contributed by atoms with Gasteiger partial charge in [0, 0.05) is 0 Å². The summed E-state index contributed by atoms with van der Waals surface area (Å²) < 4.78 is 5.49. The zero-order chi connectivity index (χ0) is 20.8. The molecule has 28 heavy (non-hydrogen) atoms. The molecule has 0 bridgehead atoms. The van der Waals surface area contributed by atoms with E-state index in [-0.39, 0.29) is 5.92 Å². The van der Waals surface area contributed by atoms with Crippen LogP contribution in [-0.4, -0.2) is 28.8 Å². The molecule has 1 fully saturated rings. The van der Waals surface area contributed by atoms with Crippen molar-refractivity contribution in [3.63, 3.8) is 0 Å². The molecular weight excluding hydrogens is 356 g/mol. The Kier molecular flexibility index (Phi) is 12.0. The molecule has 0 atom stereocenters. The maximum atomic E-state index is 10.6. The smallest absolute Gasteiger partial charge is 0.335 e. The van der Waals surface area contributed by atoms with E-state index in [4.69, 9.17) is 14.9 Å². The zero-order valence-electron chi connectivity index (χ0n) is 17.4. The first-order valence-electron chi connectivity index (χ1n) is 10.7. The van der Waals surface area contributed by atoms with Crippen LogP contribution in [0.25, 0.3) is 0 Å². The number of aliphatic carboxylic acids is 1. The number of benzene rings is 1. The Balaban J connectivity index is 0.000000292. The van der Waals surface area contributed by atoms with Crippen LogP contribution in [0.1, 0.15) is 88.4 Å². The average molecular weight is 393 g/mol. The van der Waals surface area contributed by atoms with Gasteiger partial charge in [0.25, 0.3) is 0 Å². The monoisotopic (exact) mass is 392 g/mol. The van der Waals surface area contributed by atoms with Gasteiger partial charge in [-0.25, -0.2) is 4.79 Å². The summed E-state index contributed by atoms with van der Waals surface area (Å²) in [5.41, 5.74) is 0.290. The number of hydrogen-bond acceptors (Lipinski definition) is 3. The lowest BCUT2D eigenvalue weighted by molar-refractivity contribution is -0.143. The number of aromatic carboxylic acids is 1. The summed E-state index contributed by atoms with van der Waals surface area (Å²) in [7, 11) is 0. The van der Waals surface area contributed by atoms with Crippen molar-refractivity contribution in [3.05, 3.63) is 29.8 Å². The average Bonchev–Trinajstić information content (AvgIpc) is 2.69. The molecule has 0 amide bonds. The number of carboxylic acids is 2. The molecule has 5 heteroatoms. The molecule has 0 radical (unpaired) electrons. The number of ether oxygens (including phenoxy) is 1. The molecule has 5 nitrogen and oxygen atoms in total. The molecule has 158 valence electrons. The van der Waals surface area contributed by atoms with Crippen molar-refractivity contribution in [1.82, 2.24) is 0 Å². The number of carboxylic acid groups (broad SMARTS) is 2. The Morgan fingerprint density at radius 2 is 1.57 bits per heavy atom. The normalized spacial score (nSPS) is 18.6. The molecule has 0 spiro atoms. The number of rotatable bonds is 10. The van der Waals surface area contributed by atoms with Crippen molar-refractivity contribution < 1.29 is 24.5 Å². The van der Waals surface area contributed by atoms with Gasteiger partial charge in [-0.05, 0) is 62.3 Å². The minimum absolute atomic E-state index is 0.0434. The van der Waals surface area contributed by atoms with Crippen LogP contribution in [0.4, 0.5) is 0 Å². The lowest BCUT2D eigenvalue weighted by atomic mass is 9.80. The highest BCUT2D eigenvalue weighted by Gasteiger charge is 2.24. The fourth-order valence-electron chi connectivity index (χ4n) is 3.52. The summed E-state index contributed by atoms with van der Waals surface area (Å²) in [6.45, 7) is 5.07. The molecule has 0 unspecified atom stereocenters. The van der Waals surface area contributed by atoms with Crippen LogP contribution in [0.15, 0.2) is 24.3 Å². The molecule has 1 saturated carbocycles. The molecule has 0 aliphatic heterocycles. The largest absolute Gasteiger partial charge is 0.494 e. The minimum Gasteiger partial charge on any atom is -0.494 e. The summed E-state index contributed by atoms with van der Waals surface area (Å²) in [5, 5.41) is 17.5. The van der Waals surface area contributed by atoms with Crippen LogP contribution in [0.5, 0.6) is 5.75 Å². The van der Waals surface area contributed by atoms with Crippen molar-refractivity contribution in [2.75, 3.05) is 6.61 Å². The van der Waals surface area contributed by atoms with Crippen LogP contribution in [0, 0.1) is 11.8 Å². The molecule has 0 saturated heterocycles. The molecule has 2 N–H and O–H groups in total. The summed E-state index contributed by atoms with van der Waals surface area (Å²) in [4.78, 5) is 21.2. The van der Waals surface area contributed by atoms with Crippen molar-refractivity contribution in [3.8, 4) is 5.75 Å². The molecular formula is C23H36O5. The Labute approximate surface area is 169 Å². The van der Waals surface area contributed by atoms with E-state index in [2.05, 4.69) is 13.8 Å². The highest BCUT2D eigenvalue weighted by molar-refractivity contribution is 5.87. The fourth-order valence-corrected chi connectivity index (χ4v) is 3.52. The topological polar surface area (TPSA) is 83.8 Å². The first kappa shape index (κ1) is 24.0. The first-order chi connectivity index (χ1) is 13.5. The van der Waals surface area contributed by atoms with Gasteiger partial charge in [0.1, 0.15) is 5.75 Å². The van der Waals surface area contributed by atoms with Gasteiger partial charge in [-0.2, -0.15) is 0 Å². The van der Waals surface area contributed by atoms with E-state index < -0.39 is 11.9 Å². The SMILES string of the molecule is CCCC1CCC(C(=O)O)CC1.CCCCCCOc1ccc(C(=O)O)cc1. The standard InChI is InChI=1S/C13H18O3.C10H18O2/c1-2-3-4-5-10-16-12-8-6-11(7-9-12)13(14)15;1-2-3-8-4-6-9(7-5-8)10(11)12/h6-9H,2-5,10H2,1H3,(H,14,15);8-9H,2-7H2,1H3,(H,11,12). The summed E-state index contributed by atoms with van der Waals surface area (Å²) in [6.07, 6.45) is 11.3. The second kappa shape index (κ2) is 14.0. The van der Waals surface area contributed by atoms with E-state index >= 15 is 0 Å². The summed E-state index contributed by atoms with van der Waals surface area (Å²) >= 11 is 0. The second-order valence-electron chi connectivity index (χ2n) is 7.58. The predicted molar refractivity (Wildman–Crippen MR) is 111 cm³/mol. The molecule has 1 aliphatic rings. The van der Waals surface area contributed by atoms with Crippen LogP contribution in [-0.2, 0) is 4.79 Å². The third kappa shape index (κ3) is 9.77. The number of carbonyl (C=O) groups is 2. The Hall–Kier alpha value is -2.04. The minimum atomic E-state index is -0.908. The molecule has 2 rings (SSSR count). The van der Waals surface area contributed by atoms with Crippen LogP contribution >= 0.6 is 0 Å². The van der Waals surface area contributed by atoms with Crippen molar-refractivity contribution >= 4 is 11.9 Å². The molecule has 0 heterocycles. The lowest BCUT2D eigenvalue weighted by Gasteiger charge is -2.25. The van der Waals surface area contributed by atoms with Crippen molar-refractivity contribution in [2.45, 2.75) is 78.1 Å². The van der Waals surface area contributed by atoms with E-state index in [1.54, 1.807) is 24.3 Å². The van der Waals surface area contributed by atoms with Gasteiger partial charge in [-0.3, -0.25) is 4.79 Å². The molecule has 1 aliphatic carbocycles. The maximum absolute atomic E-state index is 10.6. The van der Waals surface area contributed by atoms with Gasteiger partial charge in [-0.1, -0.05) is 46.0 Å². The van der Waals surface area contributed by atoms with E-state index in [0.29, 0.717) is 12.2 Å². The van der Waals surface area contributed by atoms with Crippen LogP contribution in [0.3, 0.4) is 0 Å². The first-order valence-corrected chi connectivity index (χ1v) is 10.7. The van der Waals surface area contributed by atoms with Crippen molar-refractivity contribution in [1.29, 1.82) is 0 Å². The van der Waals surface area contributed by atoms with Crippen LogP contribution < -0.4 is 4.74 Å². The van der Waals surface area contributed by atoms with E-state index in [1.807, 2.05) is 0 Å². The third-order valence-corrected chi connectivity index (χ3v) is 5.26. The van der Waals surface area contributed by atoms with Gasteiger partial charge in [0.2, 0.25) is 0 Å². The highest BCUT2D eigenvalue weighted by atomic mass is 16.5. The third-order valence-electron chi connectivity index (χ3n) is 5.26. The lowest BCUT2D eigenvalue weighted by Crippen LogP contribution is -2.21. The summed E-state index contributed by atoms with van der Waals surface area (Å²) in [6, 6.07) is 6.51. The molecule has 1 aromatic carbocycles. The fraction of sp³-hybridized carbons (Fsp3) is 0.652. The number of unbranched alkanes of at least 4 members (excludes halogenated alkanes) is 3. The highest BCUT2D eigenvalue weighted by Crippen LogP contribution is 2.31.